The zero-order valence-electron chi connectivity index (χ0n) is 12.0. The Morgan fingerprint density at radius 3 is 2.70 bits per heavy atom. The van der Waals surface area contributed by atoms with E-state index >= 15 is 0 Å². The Bertz CT molecular complexity index is 383. The average Bonchev–Trinajstić information content (AvgIpc) is 2.82. The molecule has 6 heteroatoms. The van der Waals surface area contributed by atoms with Crippen molar-refractivity contribution in [2.75, 3.05) is 13.1 Å². The number of amides is 2. The van der Waals surface area contributed by atoms with Gasteiger partial charge in [0, 0.05) is 19.1 Å². The van der Waals surface area contributed by atoms with Gasteiger partial charge in [0.1, 0.15) is 0 Å². The standard InChI is InChI=1S/C14H24N2O4/c1-14(20,8-12(17)18)9-15-13(19)16-7-3-5-10-4-2-6-11(10)16/h10-11,20H,2-9H2,1H3,(H,15,19)(H,17,18). The molecule has 3 N–H and O–H groups in total. The van der Waals surface area contributed by atoms with Crippen LogP contribution in [0.1, 0.15) is 45.4 Å². The molecule has 1 aliphatic heterocycles. The number of rotatable bonds is 4. The number of carboxylic acids is 1. The molecule has 0 aromatic carbocycles. The normalized spacial score (nSPS) is 28.6. The van der Waals surface area contributed by atoms with Crippen molar-refractivity contribution in [1.82, 2.24) is 10.2 Å². The number of carbonyl (C=O) groups is 2. The molecule has 0 aromatic rings. The summed E-state index contributed by atoms with van der Waals surface area (Å²) in [5, 5.41) is 21.3. The first-order valence-corrected chi connectivity index (χ1v) is 7.38. The molecule has 20 heavy (non-hydrogen) atoms. The highest BCUT2D eigenvalue weighted by Gasteiger charge is 2.37. The molecule has 2 rings (SSSR count). The Labute approximate surface area is 119 Å². The number of aliphatic hydroxyl groups is 1. The third kappa shape index (κ3) is 3.62. The number of nitrogens with one attached hydrogen (secondary N) is 1. The first kappa shape index (κ1) is 15.1. The molecule has 2 amide bonds. The van der Waals surface area contributed by atoms with Crippen LogP contribution in [0.15, 0.2) is 0 Å². The topological polar surface area (TPSA) is 89.9 Å². The molecule has 2 aliphatic rings. The Morgan fingerprint density at radius 2 is 2.00 bits per heavy atom. The summed E-state index contributed by atoms with van der Waals surface area (Å²) < 4.78 is 0. The van der Waals surface area contributed by atoms with E-state index in [4.69, 9.17) is 5.11 Å². The number of piperidine rings is 1. The number of carbonyl (C=O) groups excluding carboxylic acids is 1. The monoisotopic (exact) mass is 284 g/mol. The molecule has 2 fully saturated rings. The second-order valence-corrected chi connectivity index (χ2v) is 6.32. The first-order chi connectivity index (χ1) is 9.39. The van der Waals surface area contributed by atoms with Crippen molar-refractivity contribution in [3.05, 3.63) is 0 Å². The number of hydrogen-bond acceptors (Lipinski definition) is 3. The van der Waals surface area contributed by atoms with E-state index in [9.17, 15) is 14.7 Å². The highest BCUT2D eigenvalue weighted by atomic mass is 16.4. The number of fused-ring (bicyclic) bond motifs is 1. The fourth-order valence-corrected chi connectivity index (χ4v) is 3.46. The van der Waals surface area contributed by atoms with Gasteiger partial charge in [-0.1, -0.05) is 6.42 Å². The van der Waals surface area contributed by atoms with Crippen LogP contribution in [0, 0.1) is 5.92 Å². The summed E-state index contributed by atoms with van der Waals surface area (Å²) in [4.78, 5) is 24.7. The van der Waals surface area contributed by atoms with Crippen LogP contribution in [0.2, 0.25) is 0 Å². The van der Waals surface area contributed by atoms with Crippen LogP contribution >= 0.6 is 0 Å². The van der Waals surface area contributed by atoms with Gasteiger partial charge < -0.3 is 20.4 Å². The molecule has 0 spiro atoms. The van der Waals surface area contributed by atoms with E-state index in [2.05, 4.69) is 5.32 Å². The summed E-state index contributed by atoms with van der Waals surface area (Å²) in [7, 11) is 0. The summed E-state index contributed by atoms with van der Waals surface area (Å²) in [6, 6.07) is 0.153. The van der Waals surface area contributed by atoms with Crippen molar-refractivity contribution in [3.8, 4) is 0 Å². The van der Waals surface area contributed by atoms with Crippen LogP contribution < -0.4 is 5.32 Å². The van der Waals surface area contributed by atoms with E-state index in [0.29, 0.717) is 12.0 Å². The van der Waals surface area contributed by atoms with Gasteiger partial charge in [-0.15, -0.1) is 0 Å². The van der Waals surface area contributed by atoms with E-state index in [1.165, 1.54) is 26.2 Å². The number of likely N-dealkylation sites (tertiary alicyclic amines) is 1. The zero-order chi connectivity index (χ0) is 14.8. The van der Waals surface area contributed by atoms with Gasteiger partial charge in [-0.3, -0.25) is 4.79 Å². The molecule has 1 heterocycles. The summed E-state index contributed by atoms with van der Waals surface area (Å²) in [5.41, 5.74) is -1.41. The molecule has 1 aliphatic carbocycles. The molecular formula is C14H24N2O4. The van der Waals surface area contributed by atoms with Crippen molar-refractivity contribution in [3.63, 3.8) is 0 Å². The molecule has 0 radical (unpaired) electrons. The fraction of sp³-hybridized carbons (Fsp3) is 0.857. The van der Waals surface area contributed by atoms with Gasteiger partial charge in [0.15, 0.2) is 0 Å². The first-order valence-electron chi connectivity index (χ1n) is 7.38. The van der Waals surface area contributed by atoms with Crippen molar-refractivity contribution in [2.24, 2.45) is 5.92 Å². The van der Waals surface area contributed by atoms with Crippen molar-refractivity contribution in [2.45, 2.75) is 57.1 Å². The van der Waals surface area contributed by atoms with E-state index in [1.54, 1.807) is 0 Å². The molecule has 3 atom stereocenters. The van der Waals surface area contributed by atoms with Gasteiger partial charge in [0.25, 0.3) is 0 Å². The fourth-order valence-electron chi connectivity index (χ4n) is 3.46. The maximum absolute atomic E-state index is 12.2. The lowest BCUT2D eigenvalue weighted by Gasteiger charge is -2.38. The highest BCUT2D eigenvalue weighted by molar-refractivity contribution is 5.75. The van der Waals surface area contributed by atoms with Crippen LogP contribution in [0.5, 0.6) is 0 Å². The van der Waals surface area contributed by atoms with Crippen LogP contribution in [0.4, 0.5) is 4.79 Å². The molecule has 0 bridgehead atoms. The third-order valence-electron chi connectivity index (χ3n) is 4.41. The van der Waals surface area contributed by atoms with E-state index < -0.39 is 11.6 Å². The summed E-state index contributed by atoms with van der Waals surface area (Å²) in [6.45, 7) is 2.15. The molecule has 0 aromatic heterocycles. The zero-order valence-corrected chi connectivity index (χ0v) is 12.0. The van der Waals surface area contributed by atoms with Crippen LogP contribution in [-0.2, 0) is 4.79 Å². The quantitative estimate of drug-likeness (QED) is 0.723. The second kappa shape index (κ2) is 5.99. The predicted octanol–water partition coefficient (Wildman–Crippen LogP) is 1.19. The molecule has 6 nitrogen and oxygen atoms in total. The minimum Gasteiger partial charge on any atom is -0.481 e. The number of nitrogens with zero attached hydrogens (tertiary/aromatic N) is 1. The van der Waals surface area contributed by atoms with Crippen molar-refractivity contribution >= 4 is 12.0 Å². The summed E-state index contributed by atoms with van der Waals surface area (Å²) in [6.07, 6.45) is 5.29. The second-order valence-electron chi connectivity index (χ2n) is 6.32. The summed E-state index contributed by atoms with van der Waals surface area (Å²) in [5.74, 6) is -0.452. The van der Waals surface area contributed by atoms with Crippen molar-refractivity contribution in [1.29, 1.82) is 0 Å². The smallest absolute Gasteiger partial charge is 0.317 e. The Kier molecular flexibility index (Phi) is 4.52. The number of hydrogen-bond donors (Lipinski definition) is 3. The van der Waals surface area contributed by atoms with Gasteiger partial charge in [0.05, 0.1) is 12.0 Å². The van der Waals surface area contributed by atoms with Gasteiger partial charge in [-0.25, -0.2) is 4.79 Å². The Morgan fingerprint density at radius 1 is 1.30 bits per heavy atom. The van der Waals surface area contributed by atoms with Crippen LogP contribution in [0.25, 0.3) is 0 Å². The summed E-state index contributed by atoms with van der Waals surface area (Å²) >= 11 is 0. The average molecular weight is 284 g/mol. The third-order valence-corrected chi connectivity index (χ3v) is 4.41. The number of aliphatic carboxylic acids is 1. The molecular weight excluding hydrogens is 260 g/mol. The Hall–Kier alpha value is -1.30. The largest absolute Gasteiger partial charge is 0.481 e. The van der Waals surface area contributed by atoms with Crippen molar-refractivity contribution < 1.29 is 19.8 Å². The van der Waals surface area contributed by atoms with Gasteiger partial charge >= 0.3 is 12.0 Å². The molecule has 1 saturated heterocycles. The van der Waals surface area contributed by atoms with E-state index in [0.717, 1.165) is 19.4 Å². The lowest BCUT2D eigenvalue weighted by Crippen LogP contribution is -2.53. The molecule has 1 saturated carbocycles. The van der Waals surface area contributed by atoms with Gasteiger partial charge in [-0.05, 0) is 38.5 Å². The minimum atomic E-state index is -1.41. The van der Waals surface area contributed by atoms with E-state index in [1.807, 2.05) is 4.90 Å². The Balaban J connectivity index is 1.86. The van der Waals surface area contributed by atoms with Crippen LogP contribution in [0.3, 0.4) is 0 Å². The maximum Gasteiger partial charge on any atom is 0.317 e. The molecule has 114 valence electrons. The van der Waals surface area contributed by atoms with Crippen LogP contribution in [-0.4, -0.2) is 51.8 Å². The maximum atomic E-state index is 12.2. The molecule has 3 unspecified atom stereocenters. The number of urea groups is 1. The van der Waals surface area contributed by atoms with Gasteiger partial charge in [-0.2, -0.15) is 0 Å². The van der Waals surface area contributed by atoms with E-state index in [-0.39, 0.29) is 19.0 Å². The number of carboxylic acid groups (broad SMARTS) is 1. The lowest BCUT2D eigenvalue weighted by atomic mass is 9.92. The predicted molar refractivity (Wildman–Crippen MR) is 73.3 cm³/mol. The minimum absolute atomic E-state index is 0.0357. The van der Waals surface area contributed by atoms with Gasteiger partial charge in [0.2, 0.25) is 0 Å². The lowest BCUT2D eigenvalue weighted by molar-refractivity contribution is -0.141. The highest BCUT2D eigenvalue weighted by Crippen LogP contribution is 2.36. The SMILES string of the molecule is CC(O)(CNC(=O)N1CCCC2CCCC21)CC(=O)O.